The van der Waals surface area contributed by atoms with E-state index in [0.29, 0.717) is 30.4 Å². The van der Waals surface area contributed by atoms with Gasteiger partial charge in [-0.2, -0.15) is 0 Å². The summed E-state index contributed by atoms with van der Waals surface area (Å²) in [4.78, 5) is 8.70. The second-order valence-corrected chi connectivity index (χ2v) is 7.27. The summed E-state index contributed by atoms with van der Waals surface area (Å²) in [5, 5.41) is 6.25. The van der Waals surface area contributed by atoms with Crippen molar-refractivity contribution in [1.29, 1.82) is 0 Å². The summed E-state index contributed by atoms with van der Waals surface area (Å²) in [5.41, 5.74) is 0.909. The fourth-order valence-electron chi connectivity index (χ4n) is 2.11. The van der Waals surface area contributed by atoms with Crippen molar-refractivity contribution in [3.8, 4) is 0 Å². The average Bonchev–Trinajstić information content (AvgIpc) is 2.63. The number of aromatic nitrogens is 1. The van der Waals surface area contributed by atoms with Crippen molar-refractivity contribution in [3.05, 3.63) is 60.4 Å². The number of benzene rings is 1. The molecule has 25 heavy (non-hydrogen) atoms. The lowest BCUT2D eigenvalue weighted by Crippen LogP contribution is -2.37. The number of guanidine groups is 1. The molecule has 0 amide bonds. The third-order valence-corrected chi connectivity index (χ3v) is 5.19. The maximum atomic E-state index is 12.2. The van der Waals surface area contributed by atoms with Crippen LogP contribution in [0.2, 0.25) is 0 Å². The molecule has 1 heterocycles. The van der Waals surface area contributed by atoms with Gasteiger partial charge in [0.25, 0.3) is 0 Å². The van der Waals surface area contributed by atoms with E-state index in [1.54, 1.807) is 43.6 Å². The van der Waals surface area contributed by atoms with Gasteiger partial charge in [-0.25, -0.2) is 8.42 Å². The van der Waals surface area contributed by atoms with Crippen LogP contribution in [0.3, 0.4) is 0 Å². The first-order valence-electron chi connectivity index (χ1n) is 7.74. The Labute approximate surface area is 166 Å². The molecule has 1 aromatic carbocycles. The molecule has 1 aromatic heterocycles. The quantitative estimate of drug-likeness (QED) is 0.278. The van der Waals surface area contributed by atoms with Crippen LogP contribution in [-0.4, -0.2) is 38.7 Å². The standard InChI is InChI=1S/C17H22N4O2S.HI/c1-18-17(21-14-15-8-5-6-11-19-15)20-12-7-13-24(22,23)16-9-3-2-4-10-16;/h2-6,8-11H,7,12-14H2,1H3,(H2,18,20,21);1H. The molecule has 0 unspecified atom stereocenters. The summed E-state index contributed by atoms with van der Waals surface area (Å²) in [5.74, 6) is 0.721. The Bertz CT molecular complexity index is 753. The van der Waals surface area contributed by atoms with E-state index in [-0.39, 0.29) is 29.7 Å². The van der Waals surface area contributed by atoms with Crippen LogP contribution in [-0.2, 0) is 16.4 Å². The van der Waals surface area contributed by atoms with Crippen molar-refractivity contribution in [2.45, 2.75) is 17.9 Å². The SMILES string of the molecule is CN=C(NCCCS(=O)(=O)c1ccccc1)NCc1ccccn1.I. The zero-order valence-corrected chi connectivity index (χ0v) is 17.2. The molecule has 8 heteroatoms. The number of aliphatic imine (C=N–C) groups is 1. The van der Waals surface area contributed by atoms with Crippen LogP contribution in [0.4, 0.5) is 0 Å². The predicted octanol–water partition coefficient (Wildman–Crippen LogP) is 2.23. The number of sulfone groups is 1. The topological polar surface area (TPSA) is 83.5 Å². The van der Waals surface area contributed by atoms with E-state index in [0.717, 1.165) is 5.69 Å². The molecule has 0 fully saturated rings. The van der Waals surface area contributed by atoms with Gasteiger partial charge in [-0.15, -0.1) is 24.0 Å². The Balaban J connectivity index is 0.00000312. The van der Waals surface area contributed by atoms with Crippen LogP contribution in [0.5, 0.6) is 0 Å². The fourth-order valence-corrected chi connectivity index (χ4v) is 3.44. The highest BCUT2D eigenvalue weighted by Gasteiger charge is 2.13. The molecule has 2 rings (SSSR count). The third kappa shape index (κ3) is 7.39. The van der Waals surface area contributed by atoms with Gasteiger partial charge in [0.15, 0.2) is 15.8 Å². The first kappa shape index (κ1) is 21.4. The molecule has 0 saturated carbocycles. The van der Waals surface area contributed by atoms with Crippen LogP contribution >= 0.6 is 24.0 Å². The van der Waals surface area contributed by atoms with E-state index >= 15 is 0 Å². The molecule has 2 aromatic rings. The van der Waals surface area contributed by atoms with Gasteiger partial charge >= 0.3 is 0 Å². The molecule has 0 aliphatic heterocycles. The Morgan fingerprint density at radius 1 is 1.08 bits per heavy atom. The summed E-state index contributed by atoms with van der Waals surface area (Å²) in [7, 11) is -1.56. The normalized spacial score (nSPS) is 11.5. The van der Waals surface area contributed by atoms with Crippen molar-refractivity contribution >= 4 is 39.8 Å². The van der Waals surface area contributed by atoms with E-state index in [2.05, 4.69) is 20.6 Å². The van der Waals surface area contributed by atoms with Crippen molar-refractivity contribution in [1.82, 2.24) is 15.6 Å². The summed E-state index contributed by atoms with van der Waals surface area (Å²) in [6, 6.07) is 14.2. The maximum absolute atomic E-state index is 12.2. The largest absolute Gasteiger partial charge is 0.356 e. The van der Waals surface area contributed by atoms with Crippen molar-refractivity contribution in [2.75, 3.05) is 19.3 Å². The van der Waals surface area contributed by atoms with Crippen molar-refractivity contribution < 1.29 is 8.42 Å². The van der Waals surface area contributed by atoms with Crippen LogP contribution in [0.25, 0.3) is 0 Å². The van der Waals surface area contributed by atoms with Crippen molar-refractivity contribution in [2.24, 2.45) is 4.99 Å². The number of hydrogen-bond donors (Lipinski definition) is 2. The van der Waals surface area contributed by atoms with Gasteiger partial charge in [0.1, 0.15) is 0 Å². The molecule has 0 radical (unpaired) electrons. The number of hydrogen-bond acceptors (Lipinski definition) is 4. The predicted molar refractivity (Wildman–Crippen MR) is 111 cm³/mol. The van der Waals surface area contributed by atoms with Gasteiger partial charge in [0.05, 0.1) is 22.9 Å². The average molecular weight is 474 g/mol. The molecular formula is C17H23IN4O2S. The summed E-state index contributed by atoms with van der Waals surface area (Å²) in [6.07, 6.45) is 2.24. The van der Waals surface area contributed by atoms with Gasteiger partial charge in [-0.05, 0) is 30.7 Å². The Morgan fingerprint density at radius 2 is 1.80 bits per heavy atom. The van der Waals surface area contributed by atoms with Gasteiger partial charge in [0, 0.05) is 19.8 Å². The Kier molecular flexibility index (Phi) is 9.43. The summed E-state index contributed by atoms with van der Waals surface area (Å²) in [6.45, 7) is 1.08. The van der Waals surface area contributed by atoms with Gasteiger partial charge in [-0.1, -0.05) is 24.3 Å². The molecule has 2 N–H and O–H groups in total. The molecule has 136 valence electrons. The highest BCUT2D eigenvalue weighted by molar-refractivity contribution is 14.0. The highest BCUT2D eigenvalue weighted by Crippen LogP contribution is 2.10. The highest BCUT2D eigenvalue weighted by atomic mass is 127. The summed E-state index contributed by atoms with van der Waals surface area (Å²) < 4.78 is 24.4. The lowest BCUT2D eigenvalue weighted by atomic mass is 10.3. The molecule has 0 saturated heterocycles. The first-order chi connectivity index (χ1) is 11.6. The van der Waals surface area contributed by atoms with E-state index in [9.17, 15) is 8.42 Å². The van der Waals surface area contributed by atoms with Gasteiger partial charge in [-0.3, -0.25) is 9.98 Å². The number of pyridine rings is 1. The van der Waals surface area contributed by atoms with Crippen LogP contribution in [0, 0.1) is 0 Å². The Morgan fingerprint density at radius 3 is 2.44 bits per heavy atom. The second kappa shape index (κ2) is 11.0. The number of nitrogens with zero attached hydrogens (tertiary/aromatic N) is 2. The smallest absolute Gasteiger partial charge is 0.191 e. The van der Waals surface area contributed by atoms with Crippen LogP contribution in [0.15, 0.2) is 64.6 Å². The first-order valence-corrected chi connectivity index (χ1v) is 9.39. The molecule has 6 nitrogen and oxygen atoms in total. The minimum atomic E-state index is -3.23. The number of rotatable bonds is 7. The van der Waals surface area contributed by atoms with E-state index in [1.807, 2.05) is 18.2 Å². The molecule has 0 aliphatic rings. The van der Waals surface area contributed by atoms with E-state index in [4.69, 9.17) is 0 Å². The molecule has 0 bridgehead atoms. The lowest BCUT2D eigenvalue weighted by Gasteiger charge is -2.11. The maximum Gasteiger partial charge on any atom is 0.191 e. The van der Waals surface area contributed by atoms with E-state index < -0.39 is 9.84 Å². The number of halogens is 1. The van der Waals surface area contributed by atoms with Gasteiger partial charge in [0.2, 0.25) is 0 Å². The van der Waals surface area contributed by atoms with Crippen molar-refractivity contribution in [3.63, 3.8) is 0 Å². The Hall–Kier alpha value is -1.68. The fraction of sp³-hybridized carbons (Fsp3) is 0.294. The molecule has 0 spiro atoms. The van der Waals surface area contributed by atoms with Crippen LogP contribution < -0.4 is 10.6 Å². The minimum Gasteiger partial charge on any atom is -0.356 e. The third-order valence-electron chi connectivity index (χ3n) is 3.37. The molecule has 0 aliphatic carbocycles. The van der Waals surface area contributed by atoms with E-state index in [1.165, 1.54) is 0 Å². The van der Waals surface area contributed by atoms with Crippen LogP contribution in [0.1, 0.15) is 12.1 Å². The molecular weight excluding hydrogens is 451 g/mol. The molecule has 0 atom stereocenters. The van der Waals surface area contributed by atoms with Gasteiger partial charge < -0.3 is 10.6 Å². The second-order valence-electron chi connectivity index (χ2n) is 5.16. The lowest BCUT2D eigenvalue weighted by molar-refractivity contribution is 0.592. The zero-order chi connectivity index (χ0) is 17.3. The monoisotopic (exact) mass is 474 g/mol. The summed E-state index contributed by atoms with van der Waals surface area (Å²) >= 11 is 0. The minimum absolute atomic E-state index is 0. The number of nitrogens with one attached hydrogen (secondary N) is 2. The zero-order valence-electron chi connectivity index (χ0n) is 14.1.